The van der Waals surface area contributed by atoms with Crippen molar-refractivity contribution in [3.63, 3.8) is 0 Å². The Kier molecular flexibility index (Phi) is 6.59. The lowest BCUT2D eigenvalue weighted by atomic mass is 10.2. The van der Waals surface area contributed by atoms with Crippen LogP contribution in [0.5, 0.6) is 0 Å². The van der Waals surface area contributed by atoms with Crippen molar-refractivity contribution in [2.24, 2.45) is 0 Å². The van der Waals surface area contributed by atoms with Crippen molar-refractivity contribution in [1.29, 1.82) is 0 Å². The maximum absolute atomic E-state index is 12.7. The second-order valence-electron chi connectivity index (χ2n) is 8.25. The number of H-pyrrole nitrogens is 1. The molecule has 0 spiro atoms. The fourth-order valence-electron chi connectivity index (χ4n) is 3.82. The zero-order chi connectivity index (χ0) is 23.6. The molecule has 1 aliphatic rings. The van der Waals surface area contributed by atoms with E-state index in [1.54, 1.807) is 49.2 Å². The second-order valence-corrected chi connectivity index (χ2v) is 10.2. The van der Waals surface area contributed by atoms with Crippen LogP contribution >= 0.6 is 0 Å². The summed E-state index contributed by atoms with van der Waals surface area (Å²) in [5.74, 6) is 0.216. The van der Waals surface area contributed by atoms with Gasteiger partial charge in [0.2, 0.25) is 15.9 Å². The highest BCUT2D eigenvalue weighted by molar-refractivity contribution is 7.89. The highest BCUT2D eigenvalue weighted by Gasteiger charge is 2.27. The molecule has 1 aliphatic heterocycles. The Balaban J connectivity index is 1.40. The number of carbonyl (C=O) groups excluding carboxylic acids is 1. The average molecular weight is 470 g/mol. The lowest BCUT2D eigenvalue weighted by Gasteiger charge is -2.23. The van der Waals surface area contributed by atoms with E-state index in [4.69, 9.17) is 0 Å². The van der Waals surface area contributed by atoms with E-state index in [0.29, 0.717) is 35.5 Å². The van der Waals surface area contributed by atoms with Crippen molar-refractivity contribution in [1.82, 2.24) is 19.2 Å². The van der Waals surface area contributed by atoms with Gasteiger partial charge in [0.25, 0.3) is 5.56 Å². The molecule has 1 amide bonds. The first-order valence-electron chi connectivity index (χ1n) is 10.8. The fraction of sp³-hybridized carbons (Fsp3) is 0.348. The Morgan fingerprint density at radius 3 is 2.52 bits per heavy atom. The summed E-state index contributed by atoms with van der Waals surface area (Å²) in [5, 5.41) is 3.33. The molecule has 9 nitrogen and oxygen atoms in total. The van der Waals surface area contributed by atoms with Crippen LogP contribution in [0.4, 0.5) is 5.69 Å². The van der Waals surface area contributed by atoms with Crippen LogP contribution in [0.2, 0.25) is 0 Å². The van der Waals surface area contributed by atoms with E-state index in [2.05, 4.69) is 15.3 Å². The van der Waals surface area contributed by atoms with E-state index in [1.165, 1.54) is 16.4 Å². The number of likely N-dealkylation sites (N-methyl/N-ethyl adjacent to an activating group) is 1. The molecule has 0 radical (unpaired) electrons. The minimum atomic E-state index is -3.49. The van der Waals surface area contributed by atoms with Crippen LogP contribution in [0.15, 0.2) is 58.2 Å². The van der Waals surface area contributed by atoms with Gasteiger partial charge in [0, 0.05) is 18.8 Å². The Hall–Kier alpha value is -3.08. The van der Waals surface area contributed by atoms with Gasteiger partial charge in [0.05, 0.1) is 28.4 Å². The van der Waals surface area contributed by atoms with Crippen molar-refractivity contribution < 1.29 is 13.2 Å². The molecule has 1 saturated heterocycles. The Bertz CT molecular complexity index is 1310. The van der Waals surface area contributed by atoms with Gasteiger partial charge in [-0.15, -0.1) is 0 Å². The van der Waals surface area contributed by atoms with Crippen LogP contribution in [0, 0.1) is 0 Å². The molecule has 2 aromatic carbocycles. The molecule has 1 aromatic heterocycles. The monoisotopic (exact) mass is 469 g/mol. The summed E-state index contributed by atoms with van der Waals surface area (Å²) in [6.07, 6.45) is 1.75. The highest BCUT2D eigenvalue weighted by Crippen LogP contribution is 2.22. The number of nitrogens with one attached hydrogen (secondary N) is 2. The number of hydrogen-bond acceptors (Lipinski definition) is 6. The summed E-state index contributed by atoms with van der Waals surface area (Å²) >= 11 is 0. The smallest absolute Gasteiger partial charge is 0.258 e. The molecule has 1 atom stereocenters. The summed E-state index contributed by atoms with van der Waals surface area (Å²) in [7, 11) is -1.72. The number of anilines is 1. The summed E-state index contributed by atoms with van der Waals surface area (Å²) in [6.45, 7) is 3.12. The van der Waals surface area contributed by atoms with E-state index in [0.717, 1.165) is 12.8 Å². The van der Waals surface area contributed by atoms with Crippen molar-refractivity contribution in [3.05, 3.63) is 64.7 Å². The van der Waals surface area contributed by atoms with E-state index in [1.807, 2.05) is 6.07 Å². The summed E-state index contributed by atoms with van der Waals surface area (Å²) in [5.41, 5.74) is 0.897. The van der Waals surface area contributed by atoms with Gasteiger partial charge >= 0.3 is 0 Å². The number of fused-ring (bicyclic) bond motifs is 1. The van der Waals surface area contributed by atoms with Crippen LogP contribution < -0.4 is 10.9 Å². The van der Waals surface area contributed by atoms with Crippen LogP contribution in [-0.4, -0.2) is 59.7 Å². The van der Waals surface area contributed by atoms with Gasteiger partial charge < -0.3 is 10.3 Å². The van der Waals surface area contributed by atoms with E-state index >= 15 is 0 Å². The van der Waals surface area contributed by atoms with Crippen molar-refractivity contribution in [2.75, 3.05) is 25.5 Å². The van der Waals surface area contributed by atoms with Gasteiger partial charge in [0.15, 0.2) is 0 Å². The second kappa shape index (κ2) is 9.42. The maximum Gasteiger partial charge on any atom is 0.258 e. The first-order valence-corrected chi connectivity index (χ1v) is 12.3. The lowest BCUT2D eigenvalue weighted by molar-refractivity contribution is -0.120. The minimum Gasteiger partial charge on any atom is -0.325 e. The predicted octanol–water partition coefficient (Wildman–Crippen LogP) is 2.17. The minimum absolute atomic E-state index is 0.218. The number of sulfonamides is 1. The third-order valence-electron chi connectivity index (χ3n) is 5.93. The number of rotatable bonds is 7. The fourth-order valence-corrected chi connectivity index (χ4v) is 5.33. The molecule has 33 heavy (non-hydrogen) atoms. The third-order valence-corrected chi connectivity index (χ3v) is 7.84. The largest absolute Gasteiger partial charge is 0.325 e. The Labute approximate surface area is 192 Å². The first kappa shape index (κ1) is 23.1. The zero-order valence-electron chi connectivity index (χ0n) is 18.6. The van der Waals surface area contributed by atoms with E-state index < -0.39 is 16.1 Å². The molecule has 3 aromatic rings. The molecular weight excluding hydrogens is 442 g/mol. The van der Waals surface area contributed by atoms with Gasteiger partial charge in [-0.05, 0) is 63.2 Å². The summed E-state index contributed by atoms with van der Waals surface area (Å²) in [4.78, 5) is 34.2. The summed E-state index contributed by atoms with van der Waals surface area (Å²) < 4.78 is 26.8. The molecule has 1 fully saturated rings. The molecule has 0 bridgehead atoms. The number of amides is 1. The van der Waals surface area contributed by atoms with Gasteiger partial charge in [0.1, 0.15) is 5.82 Å². The van der Waals surface area contributed by atoms with Crippen molar-refractivity contribution in [3.8, 4) is 0 Å². The number of benzene rings is 2. The quantitative estimate of drug-likeness (QED) is 0.548. The van der Waals surface area contributed by atoms with Gasteiger partial charge in [-0.2, -0.15) is 4.31 Å². The molecule has 2 N–H and O–H groups in total. The van der Waals surface area contributed by atoms with E-state index in [9.17, 15) is 18.0 Å². The molecule has 0 saturated carbocycles. The van der Waals surface area contributed by atoms with Crippen molar-refractivity contribution in [2.45, 2.75) is 37.2 Å². The topological polar surface area (TPSA) is 115 Å². The summed E-state index contributed by atoms with van der Waals surface area (Å²) in [6, 6.07) is 12.8. The van der Waals surface area contributed by atoms with Crippen LogP contribution in [0.3, 0.4) is 0 Å². The molecular formula is C23H27N5O4S. The molecule has 2 heterocycles. The van der Waals surface area contributed by atoms with Crippen LogP contribution in [0.25, 0.3) is 10.9 Å². The Morgan fingerprint density at radius 1 is 1.15 bits per heavy atom. The molecule has 4 rings (SSSR count). The third kappa shape index (κ3) is 4.97. The first-order chi connectivity index (χ1) is 15.8. The maximum atomic E-state index is 12.7. The Morgan fingerprint density at radius 2 is 1.82 bits per heavy atom. The zero-order valence-corrected chi connectivity index (χ0v) is 19.4. The normalized spacial score (nSPS) is 15.7. The lowest BCUT2D eigenvalue weighted by Crippen LogP contribution is -2.39. The number of hydrogen-bond donors (Lipinski definition) is 2. The number of para-hydroxylation sites is 1. The standard InChI is InChI=1S/C23H27N5O4S/c1-16(27(2)15-21-25-20-8-4-3-7-19(20)23(30)26-21)22(29)24-17-9-11-18(12-10-17)33(31,32)28-13-5-6-14-28/h3-4,7-12,16H,5-6,13-15H2,1-2H3,(H,24,29)(H,25,26,30)/t16-/m1/s1. The SMILES string of the molecule is C[C@H](C(=O)Nc1ccc(S(=O)(=O)N2CCCC2)cc1)N(C)Cc1nc2ccccc2c(=O)[nH]1. The molecule has 10 heteroatoms. The highest BCUT2D eigenvalue weighted by atomic mass is 32.2. The van der Waals surface area contributed by atoms with Gasteiger partial charge in [-0.3, -0.25) is 14.5 Å². The number of aromatic amines is 1. The molecule has 174 valence electrons. The number of carbonyl (C=O) groups is 1. The molecule has 0 unspecified atom stereocenters. The number of aromatic nitrogens is 2. The average Bonchev–Trinajstić information content (AvgIpc) is 3.35. The van der Waals surface area contributed by atoms with Crippen molar-refractivity contribution >= 4 is 32.5 Å². The van der Waals surface area contributed by atoms with Crippen LogP contribution in [-0.2, 0) is 21.4 Å². The number of nitrogens with zero attached hydrogens (tertiary/aromatic N) is 3. The predicted molar refractivity (Wildman–Crippen MR) is 126 cm³/mol. The van der Waals surface area contributed by atoms with E-state index in [-0.39, 0.29) is 22.9 Å². The molecule has 0 aliphatic carbocycles. The van der Waals surface area contributed by atoms with Crippen LogP contribution in [0.1, 0.15) is 25.6 Å². The van der Waals surface area contributed by atoms with Gasteiger partial charge in [-0.1, -0.05) is 12.1 Å². The van der Waals surface area contributed by atoms with Gasteiger partial charge in [-0.25, -0.2) is 13.4 Å².